The van der Waals surface area contributed by atoms with Crippen molar-refractivity contribution in [2.75, 3.05) is 13.1 Å². The smallest absolute Gasteiger partial charge is 0.101 e. The summed E-state index contributed by atoms with van der Waals surface area (Å²) in [7, 11) is 0. The summed E-state index contributed by atoms with van der Waals surface area (Å²) in [5.74, 6) is 0. The van der Waals surface area contributed by atoms with E-state index in [-0.39, 0.29) is 0 Å². The van der Waals surface area contributed by atoms with Gasteiger partial charge >= 0.3 is 0 Å². The third-order valence-corrected chi connectivity index (χ3v) is 4.67. The second kappa shape index (κ2) is 7.30. The lowest BCUT2D eigenvalue weighted by Crippen LogP contribution is -2.34. The molecule has 1 saturated heterocycles. The monoisotopic (exact) mass is 278 g/mol. The SMILES string of the molecule is CCCN1CCCC[C@@H]1c1cccnc1SC(C)C. The van der Waals surface area contributed by atoms with E-state index in [0.29, 0.717) is 11.3 Å². The van der Waals surface area contributed by atoms with Gasteiger partial charge in [0.15, 0.2) is 0 Å². The van der Waals surface area contributed by atoms with Crippen LogP contribution in [0, 0.1) is 0 Å². The van der Waals surface area contributed by atoms with Crippen LogP contribution >= 0.6 is 11.8 Å². The Morgan fingerprint density at radius 3 is 3.00 bits per heavy atom. The first kappa shape index (κ1) is 14.9. The molecule has 1 aromatic heterocycles. The molecule has 0 aliphatic carbocycles. The zero-order chi connectivity index (χ0) is 13.7. The third-order valence-electron chi connectivity index (χ3n) is 3.63. The summed E-state index contributed by atoms with van der Waals surface area (Å²) in [6, 6.07) is 4.97. The fourth-order valence-electron chi connectivity index (χ4n) is 2.88. The number of likely N-dealkylation sites (tertiary alicyclic amines) is 1. The van der Waals surface area contributed by atoms with Gasteiger partial charge in [-0.05, 0) is 38.4 Å². The number of hydrogen-bond acceptors (Lipinski definition) is 3. The molecule has 2 rings (SSSR count). The maximum Gasteiger partial charge on any atom is 0.101 e. The first-order chi connectivity index (χ1) is 9.22. The van der Waals surface area contributed by atoms with Gasteiger partial charge in [-0.1, -0.05) is 33.3 Å². The molecule has 106 valence electrons. The van der Waals surface area contributed by atoms with Crippen molar-refractivity contribution in [2.24, 2.45) is 0 Å². The topological polar surface area (TPSA) is 16.1 Å². The van der Waals surface area contributed by atoms with Gasteiger partial charge in [-0.15, -0.1) is 11.8 Å². The second-order valence-electron chi connectivity index (χ2n) is 5.61. The van der Waals surface area contributed by atoms with Crippen molar-refractivity contribution < 1.29 is 0 Å². The molecule has 0 unspecified atom stereocenters. The summed E-state index contributed by atoms with van der Waals surface area (Å²) in [5, 5.41) is 1.84. The van der Waals surface area contributed by atoms with Crippen molar-refractivity contribution in [3.05, 3.63) is 23.9 Å². The molecule has 2 heterocycles. The van der Waals surface area contributed by atoms with E-state index in [1.807, 2.05) is 18.0 Å². The van der Waals surface area contributed by atoms with Gasteiger partial charge in [0.2, 0.25) is 0 Å². The minimum absolute atomic E-state index is 0.587. The number of hydrogen-bond donors (Lipinski definition) is 0. The minimum Gasteiger partial charge on any atom is -0.296 e. The molecular formula is C16H26N2S. The van der Waals surface area contributed by atoms with Crippen LogP contribution in [0.2, 0.25) is 0 Å². The Morgan fingerprint density at radius 2 is 2.26 bits per heavy atom. The van der Waals surface area contributed by atoms with Crippen molar-refractivity contribution in [1.29, 1.82) is 0 Å². The molecule has 0 saturated carbocycles. The van der Waals surface area contributed by atoms with E-state index in [1.54, 1.807) is 0 Å². The normalized spacial score (nSPS) is 20.9. The van der Waals surface area contributed by atoms with E-state index in [1.165, 1.54) is 49.4 Å². The molecule has 0 N–H and O–H groups in total. The summed E-state index contributed by atoms with van der Waals surface area (Å²) in [6.45, 7) is 9.23. The lowest BCUT2D eigenvalue weighted by molar-refractivity contribution is 0.146. The number of nitrogens with zero attached hydrogens (tertiary/aromatic N) is 2. The maximum absolute atomic E-state index is 4.62. The highest BCUT2D eigenvalue weighted by molar-refractivity contribution is 7.99. The molecule has 1 fully saturated rings. The summed E-state index contributed by atoms with van der Waals surface area (Å²) in [5.41, 5.74) is 1.45. The molecule has 1 aromatic rings. The van der Waals surface area contributed by atoms with E-state index in [0.717, 1.165) is 0 Å². The van der Waals surface area contributed by atoms with E-state index < -0.39 is 0 Å². The maximum atomic E-state index is 4.62. The fourth-order valence-corrected chi connectivity index (χ4v) is 3.79. The largest absolute Gasteiger partial charge is 0.296 e. The molecule has 0 amide bonds. The number of rotatable bonds is 5. The average molecular weight is 278 g/mol. The summed E-state index contributed by atoms with van der Waals surface area (Å²) >= 11 is 1.90. The third kappa shape index (κ3) is 3.96. The molecule has 2 nitrogen and oxygen atoms in total. The van der Waals surface area contributed by atoms with Gasteiger partial charge in [0.1, 0.15) is 5.03 Å². The van der Waals surface area contributed by atoms with Crippen LogP contribution in [0.5, 0.6) is 0 Å². The summed E-state index contributed by atoms with van der Waals surface area (Å²) in [6.07, 6.45) is 7.16. The second-order valence-corrected chi connectivity index (χ2v) is 7.18. The van der Waals surface area contributed by atoms with Gasteiger partial charge in [0.25, 0.3) is 0 Å². The molecular weight excluding hydrogens is 252 g/mol. The molecule has 19 heavy (non-hydrogen) atoms. The van der Waals surface area contributed by atoms with Crippen LogP contribution in [0.15, 0.2) is 23.4 Å². The quantitative estimate of drug-likeness (QED) is 0.737. The van der Waals surface area contributed by atoms with Crippen LogP contribution in [0.4, 0.5) is 0 Å². The van der Waals surface area contributed by atoms with Gasteiger partial charge in [-0.3, -0.25) is 4.90 Å². The average Bonchev–Trinajstić information content (AvgIpc) is 2.40. The van der Waals surface area contributed by atoms with Gasteiger partial charge < -0.3 is 0 Å². The molecule has 3 heteroatoms. The highest BCUT2D eigenvalue weighted by Gasteiger charge is 2.25. The van der Waals surface area contributed by atoms with Crippen molar-refractivity contribution in [3.63, 3.8) is 0 Å². The molecule has 1 aliphatic heterocycles. The first-order valence-corrected chi connectivity index (χ1v) is 8.46. The summed E-state index contributed by atoms with van der Waals surface area (Å²) < 4.78 is 0. The molecule has 1 aliphatic rings. The van der Waals surface area contributed by atoms with E-state index >= 15 is 0 Å². The molecule has 0 bridgehead atoms. The molecule has 0 aromatic carbocycles. The van der Waals surface area contributed by atoms with Gasteiger partial charge in [0, 0.05) is 23.1 Å². The Balaban J connectivity index is 2.22. The Kier molecular flexibility index (Phi) is 5.71. The van der Waals surface area contributed by atoms with Crippen LogP contribution in [-0.4, -0.2) is 28.2 Å². The highest BCUT2D eigenvalue weighted by atomic mass is 32.2. The molecule has 0 spiro atoms. The zero-order valence-electron chi connectivity index (χ0n) is 12.4. The van der Waals surface area contributed by atoms with Crippen LogP contribution in [0.1, 0.15) is 58.1 Å². The van der Waals surface area contributed by atoms with Crippen molar-refractivity contribution in [2.45, 2.75) is 62.8 Å². The Labute approximate surface area is 122 Å². The first-order valence-electron chi connectivity index (χ1n) is 7.58. The van der Waals surface area contributed by atoms with Gasteiger partial charge in [-0.2, -0.15) is 0 Å². The highest BCUT2D eigenvalue weighted by Crippen LogP contribution is 2.36. The number of piperidine rings is 1. The van der Waals surface area contributed by atoms with Crippen LogP contribution < -0.4 is 0 Å². The predicted molar refractivity (Wildman–Crippen MR) is 83.7 cm³/mol. The molecule has 1 atom stereocenters. The van der Waals surface area contributed by atoms with E-state index in [2.05, 4.69) is 42.8 Å². The van der Waals surface area contributed by atoms with Crippen LogP contribution in [0.3, 0.4) is 0 Å². The van der Waals surface area contributed by atoms with E-state index in [4.69, 9.17) is 0 Å². The Morgan fingerprint density at radius 1 is 1.42 bits per heavy atom. The number of aromatic nitrogens is 1. The fraction of sp³-hybridized carbons (Fsp3) is 0.688. The van der Waals surface area contributed by atoms with Crippen molar-refractivity contribution >= 4 is 11.8 Å². The van der Waals surface area contributed by atoms with Crippen molar-refractivity contribution in [1.82, 2.24) is 9.88 Å². The summed E-state index contributed by atoms with van der Waals surface area (Å²) in [4.78, 5) is 7.28. The van der Waals surface area contributed by atoms with Crippen LogP contribution in [-0.2, 0) is 0 Å². The lowest BCUT2D eigenvalue weighted by atomic mass is 9.96. The Bertz CT molecular complexity index is 390. The minimum atomic E-state index is 0.587. The van der Waals surface area contributed by atoms with Crippen molar-refractivity contribution in [3.8, 4) is 0 Å². The number of pyridine rings is 1. The van der Waals surface area contributed by atoms with Gasteiger partial charge in [0.05, 0.1) is 0 Å². The standard InChI is InChI=1S/C16H26N2S/c1-4-11-18-12-6-5-9-15(18)14-8-7-10-17-16(14)19-13(2)3/h7-8,10,13,15H,4-6,9,11-12H2,1-3H3/t15-/m1/s1. The van der Waals surface area contributed by atoms with E-state index in [9.17, 15) is 0 Å². The lowest BCUT2D eigenvalue weighted by Gasteiger charge is -2.36. The number of thioether (sulfide) groups is 1. The Hall–Kier alpha value is -0.540. The van der Waals surface area contributed by atoms with Crippen LogP contribution in [0.25, 0.3) is 0 Å². The molecule has 0 radical (unpaired) electrons. The zero-order valence-corrected chi connectivity index (χ0v) is 13.2. The predicted octanol–water partition coefficient (Wildman–Crippen LogP) is 4.52. The van der Waals surface area contributed by atoms with Gasteiger partial charge in [-0.25, -0.2) is 4.98 Å².